The molecule has 1 aliphatic rings. The molecule has 0 aromatic heterocycles. The number of anilines is 1. The van der Waals surface area contributed by atoms with Crippen molar-refractivity contribution in [3.63, 3.8) is 0 Å². The maximum absolute atomic E-state index is 13.1. The van der Waals surface area contributed by atoms with Crippen molar-refractivity contribution >= 4 is 17.6 Å². The number of para-hydroxylation sites is 1. The SMILES string of the molecule is N#CCN(C(=O)COC(=O)C1(Cc2ccccc2)CCCCC1)c1ccccc1. The Morgan fingerprint density at radius 2 is 1.59 bits per heavy atom. The van der Waals surface area contributed by atoms with Crippen LogP contribution >= 0.6 is 0 Å². The minimum absolute atomic E-state index is 0.0877. The van der Waals surface area contributed by atoms with Crippen molar-refractivity contribution in [1.82, 2.24) is 0 Å². The molecule has 0 unspecified atom stereocenters. The molecule has 2 aromatic carbocycles. The fraction of sp³-hybridized carbons (Fsp3) is 0.375. The Morgan fingerprint density at radius 1 is 0.966 bits per heavy atom. The quantitative estimate of drug-likeness (QED) is 0.523. The third kappa shape index (κ3) is 5.23. The Morgan fingerprint density at radius 3 is 2.21 bits per heavy atom. The number of carbonyl (C=O) groups excluding carboxylic acids is 2. The van der Waals surface area contributed by atoms with E-state index < -0.39 is 11.3 Å². The Labute approximate surface area is 171 Å². The number of carbonyl (C=O) groups is 2. The van der Waals surface area contributed by atoms with Crippen molar-refractivity contribution in [2.45, 2.75) is 38.5 Å². The van der Waals surface area contributed by atoms with E-state index in [4.69, 9.17) is 10.00 Å². The van der Waals surface area contributed by atoms with Crippen molar-refractivity contribution in [3.8, 4) is 6.07 Å². The van der Waals surface area contributed by atoms with Gasteiger partial charge >= 0.3 is 5.97 Å². The maximum atomic E-state index is 13.1. The van der Waals surface area contributed by atoms with Crippen LogP contribution in [0.2, 0.25) is 0 Å². The van der Waals surface area contributed by atoms with Crippen LogP contribution in [0.4, 0.5) is 5.69 Å². The molecule has 0 bridgehead atoms. The number of rotatable bonds is 7. The lowest BCUT2D eigenvalue weighted by atomic mass is 9.70. The van der Waals surface area contributed by atoms with Gasteiger partial charge in [-0.25, -0.2) is 0 Å². The molecule has 1 saturated carbocycles. The molecule has 3 rings (SSSR count). The second kappa shape index (κ2) is 9.88. The standard InChI is InChI=1S/C24H26N2O3/c25-16-17-26(21-12-6-2-7-13-21)22(27)19-29-23(28)24(14-8-3-9-15-24)18-20-10-4-1-5-11-20/h1-2,4-7,10-13H,3,8-9,14-15,17-19H2. The normalized spacial score (nSPS) is 15.1. The van der Waals surface area contributed by atoms with Gasteiger partial charge in [0.1, 0.15) is 6.54 Å². The lowest BCUT2D eigenvalue weighted by Crippen LogP contribution is -2.40. The zero-order valence-corrected chi connectivity index (χ0v) is 16.5. The monoisotopic (exact) mass is 390 g/mol. The topological polar surface area (TPSA) is 70.4 Å². The average molecular weight is 390 g/mol. The van der Waals surface area contributed by atoms with E-state index in [1.807, 2.05) is 42.5 Å². The second-order valence-electron chi connectivity index (χ2n) is 7.55. The molecular formula is C24H26N2O3. The summed E-state index contributed by atoms with van der Waals surface area (Å²) in [5, 5.41) is 9.08. The molecular weight excluding hydrogens is 364 g/mol. The number of amides is 1. The molecule has 5 heteroatoms. The van der Waals surface area contributed by atoms with Crippen molar-refractivity contribution in [3.05, 3.63) is 66.2 Å². The maximum Gasteiger partial charge on any atom is 0.312 e. The van der Waals surface area contributed by atoms with Crippen LogP contribution in [-0.4, -0.2) is 25.0 Å². The molecule has 0 atom stereocenters. The lowest BCUT2D eigenvalue weighted by Gasteiger charge is -2.35. The summed E-state index contributed by atoms with van der Waals surface area (Å²) in [6.07, 6.45) is 5.26. The molecule has 0 radical (unpaired) electrons. The number of benzene rings is 2. The minimum Gasteiger partial charge on any atom is -0.455 e. The zero-order chi connectivity index (χ0) is 20.5. The molecule has 0 saturated heterocycles. The summed E-state index contributed by atoms with van der Waals surface area (Å²) in [4.78, 5) is 27.1. The van der Waals surface area contributed by atoms with E-state index in [0.29, 0.717) is 12.1 Å². The highest BCUT2D eigenvalue weighted by Gasteiger charge is 2.41. The van der Waals surface area contributed by atoms with Crippen LogP contribution in [0, 0.1) is 16.7 Å². The summed E-state index contributed by atoms with van der Waals surface area (Å²) in [7, 11) is 0. The first kappa shape index (κ1) is 20.6. The van der Waals surface area contributed by atoms with Crippen LogP contribution in [0.5, 0.6) is 0 Å². The van der Waals surface area contributed by atoms with Gasteiger partial charge < -0.3 is 4.74 Å². The van der Waals surface area contributed by atoms with Crippen LogP contribution in [0.15, 0.2) is 60.7 Å². The van der Waals surface area contributed by atoms with E-state index >= 15 is 0 Å². The number of hydrogen-bond donors (Lipinski definition) is 0. The molecule has 29 heavy (non-hydrogen) atoms. The first-order valence-electron chi connectivity index (χ1n) is 10.1. The number of hydrogen-bond acceptors (Lipinski definition) is 4. The number of esters is 1. The Hall–Kier alpha value is -3.13. The van der Waals surface area contributed by atoms with E-state index in [0.717, 1.165) is 37.7 Å². The van der Waals surface area contributed by atoms with E-state index in [2.05, 4.69) is 0 Å². The Kier molecular flexibility index (Phi) is 7.02. The van der Waals surface area contributed by atoms with Gasteiger partial charge in [0, 0.05) is 5.69 Å². The zero-order valence-electron chi connectivity index (χ0n) is 16.5. The predicted molar refractivity (Wildman–Crippen MR) is 111 cm³/mol. The largest absolute Gasteiger partial charge is 0.455 e. The highest BCUT2D eigenvalue weighted by Crippen LogP contribution is 2.40. The molecule has 0 aliphatic heterocycles. The van der Waals surface area contributed by atoms with Gasteiger partial charge in [-0.05, 0) is 37.0 Å². The molecule has 5 nitrogen and oxygen atoms in total. The number of nitrogens with zero attached hydrogens (tertiary/aromatic N) is 2. The van der Waals surface area contributed by atoms with Crippen LogP contribution in [0.1, 0.15) is 37.7 Å². The summed E-state index contributed by atoms with van der Waals surface area (Å²) in [5.74, 6) is -0.698. The molecule has 1 amide bonds. The van der Waals surface area contributed by atoms with Gasteiger partial charge in [0.25, 0.3) is 5.91 Å². The minimum atomic E-state index is -0.577. The summed E-state index contributed by atoms with van der Waals surface area (Å²) >= 11 is 0. The summed E-state index contributed by atoms with van der Waals surface area (Å²) in [6, 6.07) is 20.9. The fourth-order valence-electron chi connectivity index (χ4n) is 4.03. The van der Waals surface area contributed by atoms with Gasteiger partial charge in [0.05, 0.1) is 11.5 Å². The third-order valence-electron chi connectivity index (χ3n) is 5.55. The van der Waals surface area contributed by atoms with E-state index in [1.54, 1.807) is 24.3 Å². The van der Waals surface area contributed by atoms with E-state index in [-0.39, 0.29) is 19.1 Å². The molecule has 0 N–H and O–H groups in total. The first-order chi connectivity index (χ1) is 14.1. The lowest BCUT2D eigenvalue weighted by molar-refractivity contribution is -0.160. The molecule has 2 aromatic rings. The Balaban J connectivity index is 1.69. The highest BCUT2D eigenvalue weighted by atomic mass is 16.5. The average Bonchev–Trinajstić information content (AvgIpc) is 2.77. The molecule has 0 heterocycles. The first-order valence-corrected chi connectivity index (χ1v) is 10.1. The van der Waals surface area contributed by atoms with Gasteiger partial charge in [0.15, 0.2) is 6.61 Å². The third-order valence-corrected chi connectivity index (χ3v) is 5.55. The van der Waals surface area contributed by atoms with Crippen LogP contribution in [0.25, 0.3) is 0 Å². The summed E-state index contributed by atoms with van der Waals surface area (Å²) < 4.78 is 5.53. The summed E-state index contributed by atoms with van der Waals surface area (Å²) in [5.41, 5.74) is 1.15. The predicted octanol–water partition coefficient (Wildman–Crippen LogP) is 4.28. The van der Waals surface area contributed by atoms with E-state index in [1.165, 1.54) is 4.90 Å². The molecule has 1 aliphatic carbocycles. The smallest absolute Gasteiger partial charge is 0.312 e. The van der Waals surface area contributed by atoms with Gasteiger partial charge in [-0.1, -0.05) is 67.8 Å². The fourth-order valence-corrected chi connectivity index (χ4v) is 4.03. The van der Waals surface area contributed by atoms with Crippen LogP contribution in [-0.2, 0) is 20.7 Å². The highest BCUT2D eigenvalue weighted by molar-refractivity contribution is 5.95. The van der Waals surface area contributed by atoms with E-state index in [9.17, 15) is 9.59 Å². The molecule has 0 spiro atoms. The number of ether oxygens (including phenoxy) is 1. The van der Waals surface area contributed by atoms with Gasteiger partial charge in [-0.2, -0.15) is 5.26 Å². The van der Waals surface area contributed by atoms with Gasteiger partial charge in [-0.15, -0.1) is 0 Å². The summed E-state index contributed by atoms with van der Waals surface area (Å²) in [6.45, 7) is -0.443. The number of nitriles is 1. The van der Waals surface area contributed by atoms with Crippen molar-refractivity contribution in [1.29, 1.82) is 5.26 Å². The van der Waals surface area contributed by atoms with Crippen LogP contribution in [0.3, 0.4) is 0 Å². The van der Waals surface area contributed by atoms with Gasteiger partial charge in [0.2, 0.25) is 0 Å². The van der Waals surface area contributed by atoms with Gasteiger partial charge in [-0.3, -0.25) is 14.5 Å². The van der Waals surface area contributed by atoms with Crippen LogP contribution < -0.4 is 4.90 Å². The Bertz CT molecular complexity index is 853. The molecule has 1 fully saturated rings. The van der Waals surface area contributed by atoms with Crippen molar-refractivity contribution < 1.29 is 14.3 Å². The second-order valence-corrected chi connectivity index (χ2v) is 7.55. The van der Waals surface area contributed by atoms with Crippen molar-refractivity contribution in [2.24, 2.45) is 5.41 Å². The van der Waals surface area contributed by atoms with Crippen molar-refractivity contribution in [2.75, 3.05) is 18.1 Å². The molecule has 150 valence electrons.